The molecule has 1 aromatic carbocycles. The second-order valence-corrected chi connectivity index (χ2v) is 8.54. The molecule has 0 aromatic heterocycles. The maximum atomic E-state index is 12.9. The first kappa shape index (κ1) is 18.7. The van der Waals surface area contributed by atoms with E-state index < -0.39 is 10.2 Å². The molecule has 2 fully saturated rings. The van der Waals surface area contributed by atoms with Crippen LogP contribution in [0.5, 0.6) is 0 Å². The van der Waals surface area contributed by atoms with E-state index in [9.17, 15) is 8.42 Å². The highest BCUT2D eigenvalue weighted by atomic mass is 35.5. The first-order chi connectivity index (χ1) is 10.5. The molecule has 3 rings (SSSR count). The van der Waals surface area contributed by atoms with Gasteiger partial charge in [-0.3, -0.25) is 0 Å². The molecule has 3 atom stereocenters. The van der Waals surface area contributed by atoms with Crippen LogP contribution in [0.1, 0.15) is 31.2 Å². The van der Waals surface area contributed by atoms with E-state index in [0.717, 1.165) is 18.4 Å². The van der Waals surface area contributed by atoms with Gasteiger partial charge in [0.25, 0.3) is 10.2 Å². The van der Waals surface area contributed by atoms with Gasteiger partial charge in [-0.1, -0.05) is 37.3 Å². The van der Waals surface area contributed by atoms with Gasteiger partial charge in [0, 0.05) is 38.1 Å². The maximum Gasteiger partial charge on any atom is 0.282 e. The Morgan fingerprint density at radius 1 is 1.09 bits per heavy atom. The zero-order valence-corrected chi connectivity index (χ0v) is 15.1. The molecule has 2 heterocycles. The SMILES string of the molecule is CC1CCCN(S(=O)(=O)N2C[C@@H](N)[C@H](c3ccccc3)C2)C1.Cl. The van der Waals surface area contributed by atoms with Gasteiger partial charge in [-0.2, -0.15) is 17.0 Å². The van der Waals surface area contributed by atoms with Crippen LogP contribution in [-0.2, 0) is 10.2 Å². The summed E-state index contributed by atoms with van der Waals surface area (Å²) >= 11 is 0. The summed E-state index contributed by atoms with van der Waals surface area (Å²) in [5.74, 6) is 0.517. The first-order valence-electron chi connectivity index (χ1n) is 8.04. The lowest BCUT2D eigenvalue weighted by molar-refractivity contribution is 0.263. The van der Waals surface area contributed by atoms with E-state index >= 15 is 0 Å². The Labute approximate surface area is 145 Å². The lowest BCUT2D eigenvalue weighted by Gasteiger charge is -2.33. The lowest BCUT2D eigenvalue weighted by atomic mass is 9.95. The summed E-state index contributed by atoms with van der Waals surface area (Å²) in [7, 11) is -3.38. The standard InChI is InChI=1S/C16H25N3O2S.ClH/c1-13-6-5-9-18(10-13)22(20,21)19-11-15(16(17)12-19)14-7-3-2-4-8-14;/h2-4,7-8,13,15-16H,5-6,9-12,17H2,1H3;1H/t13?,15-,16+;/m0./s1. The Bertz CT molecular complexity index is 611. The van der Waals surface area contributed by atoms with Crippen LogP contribution in [-0.4, -0.2) is 49.2 Å². The van der Waals surface area contributed by atoms with Gasteiger partial charge in [-0.05, 0) is 24.3 Å². The maximum absolute atomic E-state index is 12.9. The second kappa shape index (κ2) is 7.49. The Kier molecular flexibility index (Phi) is 6.08. The highest BCUT2D eigenvalue weighted by Crippen LogP contribution is 2.30. The normalized spacial score (nSPS) is 30.1. The minimum absolute atomic E-state index is 0. The van der Waals surface area contributed by atoms with Gasteiger partial charge < -0.3 is 5.73 Å². The second-order valence-electron chi connectivity index (χ2n) is 6.61. The molecule has 2 aliphatic rings. The molecule has 1 aromatic rings. The number of hydrogen-bond acceptors (Lipinski definition) is 3. The Balaban J connectivity index is 0.00000192. The van der Waals surface area contributed by atoms with Crippen molar-refractivity contribution in [2.75, 3.05) is 26.2 Å². The molecule has 1 unspecified atom stereocenters. The Hall–Kier alpha value is -0.660. The van der Waals surface area contributed by atoms with Crippen molar-refractivity contribution in [1.82, 2.24) is 8.61 Å². The summed E-state index contributed by atoms with van der Waals surface area (Å²) in [5, 5.41) is 0. The van der Waals surface area contributed by atoms with Gasteiger partial charge in [-0.25, -0.2) is 0 Å². The minimum Gasteiger partial charge on any atom is -0.326 e. The Morgan fingerprint density at radius 2 is 1.78 bits per heavy atom. The van der Waals surface area contributed by atoms with Crippen molar-refractivity contribution in [2.24, 2.45) is 11.7 Å². The number of nitrogens with two attached hydrogens (primary N) is 1. The number of hydrogen-bond donors (Lipinski definition) is 1. The van der Waals surface area contributed by atoms with Crippen molar-refractivity contribution in [3.63, 3.8) is 0 Å². The topological polar surface area (TPSA) is 66.6 Å². The monoisotopic (exact) mass is 359 g/mol. The predicted octanol–water partition coefficient (Wildman–Crippen LogP) is 1.81. The van der Waals surface area contributed by atoms with Crippen LogP contribution in [0.4, 0.5) is 0 Å². The van der Waals surface area contributed by atoms with Gasteiger partial charge in [0.1, 0.15) is 0 Å². The van der Waals surface area contributed by atoms with Crippen molar-refractivity contribution in [1.29, 1.82) is 0 Å². The minimum atomic E-state index is -3.38. The van der Waals surface area contributed by atoms with Gasteiger partial charge in [0.15, 0.2) is 0 Å². The molecule has 7 heteroatoms. The highest BCUT2D eigenvalue weighted by molar-refractivity contribution is 7.86. The number of halogens is 1. The number of piperidine rings is 1. The number of benzene rings is 1. The molecule has 0 saturated carbocycles. The average Bonchev–Trinajstić information content (AvgIpc) is 2.91. The summed E-state index contributed by atoms with van der Waals surface area (Å²) in [6.07, 6.45) is 2.06. The van der Waals surface area contributed by atoms with Crippen LogP contribution in [0.15, 0.2) is 30.3 Å². The molecule has 2 saturated heterocycles. The van der Waals surface area contributed by atoms with E-state index in [-0.39, 0.29) is 24.4 Å². The molecule has 5 nitrogen and oxygen atoms in total. The van der Waals surface area contributed by atoms with E-state index in [1.165, 1.54) is 0 Å². The third-order valence-electron chi connectivity index (χ3n) is 4.83. The zero-order chi connectivity index (χ0) is 15.7. The molecular weight excluding hydrogens is 334 g/mol. The van der Waals surface area contributed by atoms with E-state index in [2.05, 4.69) is 6.92 Å². The van der Waals surface area contributed by atoms with Gasteiger partial charge >= 0.3 is 0 Å². The zero-order valence-electron chi connectivity index (χ0n) is 13.5. The van der Waals surface area contributed by atoms with Crippen LogP contribution >= 0.6 is 12.4 Å². The third-order valence-corrected chi connectivity index (χ3v) is 6.77. The molecule has 2 N–H and O–H groups in total. The van der Waals surface area contributed by atoms with E-state index in [1.54, 1.807) is 8.61 Å². The fourth-order valence-electron chi connectivity index (χ4n) is 3.55. The summed E-state index contributed by atoms with van der Waals surface area (Å²) in [4.78, 5) is 0. The predicted molar refractivity (Wildman–Crippen MR) is 94.9 cm³/mol. The molecule has 0 aliphatic carbocycles. The van der Waals surface area contributed by atoms with Crippen LogP contribution in [0.25, 0.3) is 0 Å². The van der Waals surface area contributed by atoms with Crippen LogP contribution in [0.3, 0.4) is 0 Å². The molecule has 0 amide bonds. The summed E-state index contributed by atoms with van der Waals surface area (Å²) in [6, 6.07) is 9.84. The molecule has 0 bridgehead atoms. The Morgan fingerprint density at radius 3 is 2.43 bits per heavy atom. The molecule has 0 spiro atoms. The molecule has 130 valence electrons. The summed E-state index contributed by atoms with van der Waals surface area (Å²) in [6.45, 7) is 4.27. The van der Waals surface area contributed by atoms with Crippen LogP contribution in [0.2, 0.25) is 0 Å². The lowest BCUT2D eigenvalue weighted by Crippen LogP contribution is -2.47. The fourth-order valence-corrected chi connectivity index (χ4v) is 5.39. The van der Waals surface area contributed by atoms with Crippen molar-refractivity contribution in [3.8, 4) is 0 Å². The van der Waals surface area contributed by atoms with Crippen molar-refractivity contribution >= 4 is 22.6 Å². The third kappa shape index (κ3) is 3.88. The molecular formula is C16H26ClN3O2S. The van der Waals surface area contributed by atoms with E-state index in [1.807, 2.05) is 30.3 Å². The van der Waals surface area contributed by atoms with Gasteiger partial charge in [0.05, 0.1) is 0 Å². The average molecular weight is 360 g/mol. The molecule has 0 radical (unpaired) electrons. The quantitative estimate of drug-likeness (QED) is 0.895. The number of nitrogens with zero attached hydrogens (tertiary/aromatic N) is 2. The number of rotatable bonds is 3. The molecule has 2 aliphatic heterocycles. The largest absolute Gasteiger partial charge is 0.326 e. The van der Waals surface area contributed by atoms with Crippen molar-refractivity contribution < 1.29 is 8.42 Å². The van der Waals surface area contributed by atoms with Crippen LogP contribution < -0.4 is 5.73 Å². The van der Waals surface area contributed by atoms with Gasteiger partial charge in [0.2, 0.25) is 0 Å². The van der Waals surface area contributed by atoms with E-state index in [4.69, 9.17) is 5.73 Å². The molecule has 23 heavy (non-hydrogen) atoms. The fraction of sp³-hybridized carbons (Fsp3) is 0.625. The highest BCUT2D eigenvalue weighted by Gasteiger charge is 2.41. The van der Waals surface area contributed by atoms with Crippen molar-refractivity contribution in [3.05, 3.63) is 35.9 Å². The first-order valence-corrected chi connectivity index (χ1v) is 9.44. The smallest absolute Gasteiger partial charge is 0.282 e. The van der Waals surface area contributed by atoms with Crippen molar-refractivity contribution in [2.45, 2.75) is 31.7 Å². The summed E-state index contributed by atoms with van der Waals surface area (Å²) in [5.41, 5.74) is 7.36. The van der Waals surface area contributed by atoms with Crippen LogP contribution in [0, 0.1) is 5.92 Å². The van der Waals surface area contributed by atoms with E-state index in [0.29, 0.717) is 32.1 Å². The van der Waals surface area contributed by atoms with Gasteiger partial charge in [-0.15, -0.1) is 12.4 Å². The summed E-state index contributed by atoms with van der Waals surface area (Å²) < 4.78 is 28.9.